The van der Waals surface area contributed by atoms with Crippen LogP contribution in [0.5, 0.6) is 0 Å². The van der Waals surface area contributed by atoms with Crippen LogP contribution in [0, 0.1) is 23.7 Å². The maximum Gasteiger partial charge on any atom is 0.264 e. The smallest absolute Gasteiger partial charge is 0.264 e. The first-order valence-electron chi connectivity index (χ1n) is 8.01. The lowest BCUT2D eigenvalue weighted by Gasteiger charge is -2.31. The summed E-state index contributed by atoms with van der Waals surface area (Å²) < 4.78 is 57.3. The maximum atomic E-state index is 11.8. The van der Waals surface area contributed by atoms with E-state index in [0.29, 0.717) is 0 Å². The Morgan fingerprint density at radius 3 is 1.42 bits per heavy atom. The van der Waals surface area contributed by atoms with Crippen molar-refractivity contribution in [3.05, 3.63) is 0 Å². The molecule has 138 valence electrons. The predicted molar refractivity (Wildman–Crippen MR) is 95.2 cm³/mol. The van der Waals surface area contributed by atoms with Gasteiger partial charge in [0.1, 0.15) is 0 Å². The van der Waals surface area contributed by atoms with Gasteiger partial charge in [-0.25, -0.2) is 0 Å². The van der Waals surface area contributed by atoms with Crippen molar-refractivity contribution in [3.63, 3.8) is 0 Å². The SMILES string of the molecule is CS(=O)(=O)O[C@@H]1[C@@H]2CC[C@@]3(Br)[C@@H]2[C@@H]2[C@@H](CC[C@@]21Br)[C@H]3OS(C)(=O)=O. The van der Waals surface area contributed by atoms with E-state index in [2.05, 4.69) is 31.9 Å². The molecular weight excluding hydrogens is 488 g/mol. The third-order valence-electron chi connectivity index (χ3n) is 6.42. The fraction of sp³-hybridized carbons (Fsp3) is 1.00. The molecule has 0 aliphatic heterocycles. The molecule has 0 spiro atoms. The number of rotatable bonds is 4. The zero-order valence-corrected chi connectivity index (χ0v) is 18.1. The minimum atomic E-state index is -3.56. The molecule has 0 heterocycles. The molecule has 4 aliphatic carbocycles. The molecule has 0 unspecified atom stereocenters. The Morgan fingerprint density at radius 2 is 1.12 bits per heavy atom. The van der Waals surface area contributed by atoms with Crippen LogP contribution in [0.1, 0.15) is 25.7 Å². The lowest BCUT2D eigenvalue weighted by atomic mass is 9.89. The largest absolute Gasteiger partial charge is 0.265 e. The summed E-state index contributed by atoms with van der Waals surface area (Å²) in [7, 11) is -7.12. The molecule has 4 rings (SSSR count). The highest BCUT2D eigenvalue weighted by molar-refractivity contribution is 9.10. The van der Waals surface area contributed by atoms with Crippen molar-refractivity contribution >= 4 is 52.1 Å². The molecule has 24 heavy (non-hydrogen) atoms. The normalized spacial score (nSPS) is 52.8. The van der Waals surface area contributed by atoms with Gasteiger partial charge < -0.3 is 0 Å². The Labute approximate surface area is 159 Å². The van der Waals surface area contributed by atoms with Crippen molar-refractivity contribution in [1.82, 2.24) is 0 Å². The van der Waals surface area contributed by atoms with Crippen LogP contribution in [0.3, 0.4) is 0 Å². The number of alkyl halides is 2. The van der Waals surface area contributed by atoms with Crippen molar-refractivity contribution < 1.29 is 25.2 Å². The minimum Gasteiger partial charge on any atom is -0.265 e. The molecule has 0 radical (unpaired) electrons. The third kappa shape index (κ3) is 2.42. The number of hydrogen-bond donors (Lipinski definition) is 0. The number of hydrogen-bond acceptors (Lipinski definition) is 6. The molecule has 8 atom stereocenters. The summed E-state index contributed by atoms with van der Waals surface area (Å²) in [6, 6.07) is 0. The third-order valence-corrected chi connectivity index (χ3v) is 10.3. The molecule has 4 fully saturated rings. The Hall–Kier alpha value is 0.780. The van der Waals surface area contributed by atoms with E-state index in [1.165, 1.54) is 0 Å². The van der Waals surface area contributed by atoms with E-state index in [0.717, 1.165) is 38.2 Å². The van der Waals surface area contributed by atoms with Crippen LogP contribution in [0.4, 0.5) is 0 Å². The molecule has 0 aromatic heterocycles. The van der Waals surface area contributed by atoms with Crippen molar-refractivity contribution in [2.75, 3.05) is 12.5 Å². The van der Waals surface area contributed by atoms with Crippen molar-refractivity contribution in [2.24, 2.45) is 23.7 Å². The van der Waals surface area contributed by atoms with E-state index in [-0.39, 0.29) is 23.7 Å². The fourth-order valence-electron chi connectivity index (χ4n) is 6.04. The summed E-state index contributed by atoms with van der Waals surface area (Å²) in [5.74, 6) is 0.477. The zero-order valence-electron chi connectivity index (χ0n) is 13.3. The van der Waals surface area contributed by atoms with Gasteiger partial charge in [0.2, 0.25) is 0 Å². The summed E-state index contributed by atoms with van der Waals surface area (Å²) in [6.07, 6.45) is 4.53. The summed E-state index contributed by atoms with van der Waals surface area (Å²) in [5, 5.41) is 0. The van der Waals surface area contributed by atoms with E-state index < -0.39 is 41.1 Å². The Kier molecular flexibility index (Phi) is 3.92. The van der Waals surface area contributed by atoms with Crippen LogP contribution in [-0.2, 0) is 28.6 Å². The van der Waals surface area contributed by atoms with Gasteiger partial charge in [0.05, 0.1) is 33.4 Å². The first-order valence-corrected chi connectivity index (χ1v) is 13.2. The first-order chi connectivity index (χ1) is 10.9. The molecule has 0 bridgehead atoms. The Bertz CT molecular complexity index is 717. The molecule has 0 amide bonds. The second-order valence-corrected chi connectivity index (χ2v) is 13.9. The average Bonchev–Trinajstić information content (AvgIpc) is 3.02. The van der Waals surface area contributed by atoms with Crippen LogP contribution in [0.15, 0.2) is 0 Å². The fourth-order valence-corrected chi connectivity index (χ4v) is 10.2. The van der Waals surface area contributed by atoms with Crippen LogP contribution in [0.2, 0.25) is 0 Å². The summed E-state index contributed by atoms with van der Waals surface area (Å²) in [5.41, 5.74) is 0. The monoisotopic (exact) mass is 506 g/mol. The van der Waals surface area contributed by atoms with Gasteiger partial charge in [-0.1, -0.05) is 31.9 Å². The average molecular weight is 508 g/mol. The van der Waals surface area contributed by atoms with E-state index in [1.807, 2.05) is 0 Å². The van der Waals surface area contributed by atoms with Gasteiger partial charge in [-0.3, -0.25) is 8.37 Å². The van der Waals surface area contributed by atoms with Crippen LogP contribution in [-0.4, -0.2) is 50.2 Å². The van der Waals surface area contributed by atoms with Crippen molar-refractivity contribution in [1.29, 1.82) is 0 Å². The number of halogens is 2. The second kappa shape index (κ2) is 5.19. The van der Waals surface area contributed by atoms with Gasteiger partial charge in [0.25, 0.3) is 20.2 Å². The lowest BCUT2D eigenvalue weighted by molar-refractivity contribution is 0.120. The van der Waals surface area contributed by atoms with E-state index >= 15 is 0 Å². The second-order valence-electron chi connectivity index (χ2n) is 7.75. The summed E-state index contributed by atoms with van der Waals surface area (Å²) in [6.45, 7) is 0. The van der Waals surface area contributed by atoms with Gasteiger partial charge in [-0.2, -0.15) is 16.8 Å². The molecule has 6 nitrogen and oxygen atoms in total. The zero-order chi connectivity index (χ0) is 17.7. The van der Waals surface area contributed by atoms with Gasteiger partial charge in [-0.15, -0.1) is 0 Å². The molecule has 0 N–H and O–H groups in total. The van der Waals surface area contributed by atoms with Gasteiger partial charge >= 0.3 is 0 Å². The molecule has 4 aliphatic rings. The first kappa shape index (κ1) is 18.2. The molecule has 10 heteroatoms. The predicted octanol–water partition coefficient (Wildman–Crippen LogP) is 2.02. The standard InChI is InChI=1S/C14H20Br2O6S2/c1-23(17,18)21-11-7-3-6-14(16)9(7)10-8(4-5-13(10,11)15)12(14)22-24(2,19)20/h7-12H,3-6H2,1-2H3/t7-,8-,9+,10+,11-,12-,13-,14-/m1/s1. The minimum absolute atomic E-state index is 0.0828. The quantitative estimate of drug-likeness (QED) is 0.427. The van der Waals surface area contributed by atoms with Crippen LogP contribution in [0.25, 0.3) is 0 Å². The summed E-state index contributed by atoms with van der Waals surface area (Å²) in [4.78, 5) is 0. The topological polar surface area (TPSA) is 86.7 Å². The molecular formula is C14H20Br2O6S2. The highest BCUT2D eigenvalue weighted by Crippen LogP contribution is 2.75. The van der Waals surface area contributed by atoms with E-state index in [9.17, 15) is 16.8 Å². The molecule has 0 aromatic rings. The highest BCUT2D eigenvalue weighted by Gasteiger charge is 2.78. The van der Waals surface area contributed by atoms with Gasteiger partial charge in [0, 0.05) is 0 Å². The van der Waals surface area contributed by atoms with Crippen molar-refractivity contribution in [3.8, 4) is 0 Å². The van der Waals surface area contributed by atoms with E-state index in [1.54, 1.807) is 0 Å². The van der Waals surface area contributed by atoms with Crippen LogP contribution < -0.4 is 0 Å². The molecule has 0 saturated heterocycles. The molecule has 0 aromatic carbocycles. The maximum absolute atomic E-state index is 11.8. The van der Waals surface area contributed by atoms with Gasteiger partial charge in [-0.05, 0) is 49.4 Å². The molecule has 4 saturated carbocycles. The summed E-state index contributed by atoms with van der Waals surface area (Å²) >= 11 is 7.66. The highest BCUT2D eigenvalue weighted by atomic mass is 79.9. The van der Waals surface area contributed by atoms with Crippen LogP contribution >= 0.6 is 31.9 Å². The van der Waals surface area contributed by atoms with Gasteiger partial charge in [0.15, 0.2) is 0 Å². The van der Waals surface area contributed by atoms with Crippen molar-refractivity contribution in [2.45, 2.75) is 46.5 Å². The lowest BCUT2D eigenvalue weighted by Crippen LogP contribution is -2.41. The van der Waals surface area contributed by atoms with E-state index in [4.69, 9.17) is 8.37 Å². The Balaban J connectivity index is 1.76. The Morgan fingerprint density at radius 1 is 0.792 bits per heavy atom.